The van der Waals surface area contributed by atoms with Gasteiger partial charge in [-0.15, -0.1) is 0 Å². The number of halogens is 1. The summed E-state index contributed by atoms with van der Waals surface area (Å²) in [7, 11) is 0. The second-order valence-corrected chi connectivity index (χ2v) is 5.22. The number of nitrogens with zero attached hydrogens (tertiary/aromatic N) is 1. The first-order valence-electron chi connectivity index (χ1n) is 6.34. The summed E-state index contributed by atoms with van der Waals surface area (Å²) in [6, 6.07) is 4.87. The van der Waals surface area contributed by atoms with E-state index in [1.54, 1.807) is 12.1 Å². The fourth-order valence-corrected chi connectivity index (χ4v) is 2.60. The zero-order valence-electron chi connectivity index (χ0n) is 10.2. The van der Waals surface area contributed by atoms with Gasteiger partial charge in [-0.05, 0) is 30.9 Å². The van der Waals surface area contributed by atoms with Gasteiger partial charge in [-0.1, -0.05) is 30.9 Å². The Labute approximate surface area is 111 Å². The van der Waals surface area contributed by atoms with Gasteiger partial charge in [0.2, 0.25) is 0 Å². The van der Waals surface area contributed by atoms with Crippen LogP contribution in [0.2, 0.25) is 5.02 Å². The molecule has 18 heavy (non-hydrogen) atoms. The monoisotopic (exact) mass is 268 g/mol. The van der Waals surface area contributed by atoms with Crippen LogP contribution in [-0.2, 0) is 0 Å². The van der Waals surface area contributed by atoms with Crippen molar-refractivity contribution in [2.75, 3.05) is 11.9 Å². The Morgan fingerprint density at radius 2 is 2.06 bits per heavy atom. The highest BCUT2D eigenvalue weighted by Crippen LogP contribution is 2.28. The van der Waals surface area contributed by atoms with Gasteiger partial charge in [0.1, 0.15) is 5.02 Å². The van der Waals surface area contributed by atoms with Crippen LogP contribution in [0.25, 0.3) is 0 Å². The highest BCUT2D eigenvalue weighted by Gasteiger charge is 2.15. The predicted molar refractivity (Wildman–Crippen MR) is 73.2 cm³/mol. The second-order valence-electron chi connectivity index (χ2n) is 4.81. The van der Waals surface area contributed by atoms with Crippen molar-refractivity contribution in [2.45, 2.75) is 32.1 Å². The van der Waals surface area contributed by atoms with Crippen molar-refractivity contribution in [3.8, 4) is 0 Å². The smallest absolute Gasteiger partial charge is 0.289 e. The van der Waals surface area contributed by atoms with Crippen molar-refractivity contribution >= 4 is 23.0 Å². The van der Waals surface area contributed by atoms with Gasteiger partial charge in [0.05, 0.1) is 4.92 Å². The number of anilines is 1. The fraction of sp³-hybridized carbons (Fsp3) is 0.538. The molecule has 5 heteroatoms. The molecule has 2 rings (SSSR count). The van der Waals surface area contributed by atoms with Gasteiger partial charge in [-0.3, -0.25) is 10.1 Å². The van der Waals surface area contributed by atoms with Crippen LogP contribution < -0.4 is 5.32 Å². The summed E-state index contributed by atoms with van der Waals surface area (Å²) in [6.45, 7) is 0.888. The van der Waals surface area contributed by atoms with E-state index in [1.165, 1.54) is 38.2 Å². The highest BCUT2D eigenvalue weighted by molar-refractivity contribution is 6.32. The Balaban J connectivity index is 1.96. The average molecular weight is 269 g/mol. The lowest BCUT2D eigenvalue weighted by Gasteiger charge is -2.22. The second kappa shape index (κ2) is 6.05. The summed E-state index contributed by atoms with van der Waals surface area (Å²) in [5.41, 5.74) is 0.738. The topological polar surface area (TPSA) is 55.2 Å². The van der Waals surface area contributed by atoms with E-state index >= 15 is 0 Å². The van der Waals surface area contributed by atoms with E-state index in [2.05, 4.69) is 5.32 Å². The Bertz CT molecular complexity index is 431. The molecule has 0 atom stereocenters. The van der Waals surface area contributed by atoms with Crippen LogP contribution >= 0.6 is 11.6 Å². The number of nitrogens with one attached hydrogen (secondary N) is 1. The number of hydrogen-bond acceptors (Lipinski definition) is 3. The summed E-state index contributed by atoms with van der Waals surface area (Å²) >= 11 is 5.77. The summed E-state index contributed by atoms with van der Waals surface area (Å²) in [5.74, 6) is 0.688. The third-order valence-electron chi connectivity index (χ3n) is 3.46. The van der Waals surface area contributed by atoms with Crippen LogP contribution in [0.4, 0.5) is 11.4 Å². The Hall–Kier alpha value is -1.29. The molecule has 0 bridgehead atoms. The Morgan fingerprint density at radius 3 is 2.72 bits per heavy atom. The molecular formula is C13H17ClN2O2. The van der Waals surface area contributed by atoms with Crippen LogP contribution in [0.5, 0.6) is 0 Å². The minimum Gasteiger partial charge on any atom is -0.385 e. The van der Waals surface area contributed by atoms with Crippen LogP contribution in [0.3, 0.4) is 0 Å². The Kier molecular flexibility index (Phi) is 4.42. The lowest BCUT2D eigenvalue weighted by Crippen LogP contribution is -2.17. The SMILES string of the molecule is O=[N+]([O-])c1cc(NCC2CCCCC2)ccc1Cl. The lowest BCUT2D eigenvalue weighted by atomic mass is 9.89. The molecule has 0 radical (unpaired) electrons. The maximum atomic E-state index is 10.8. The summed E-state index contributed by atoms with van der Waals surface area (Å²) < 4.78 is 0. The molecule has 0 aliphatic heterocycles. The van der Waals surface area contributed by atoms with E-state index in [4.69, 9.17) is 11.6 Å². The quantitative estimate of drug-likeness (QED) is 0.656. The highest BCUT2D eigenvalue weighted by atomic mass is 35.5. The minimum atomic E-state index is -0.450. The molecule has 98 valence electrons. The van der Waals surface area contributed by atoms with Crippen molar-refractivity contribution in [1.82, 2.24) is 0 Å². The zero-order chi connectivity index (χ0) is 13.0. The molecule has 1 aromatic carbocycles. The van der Waals surface area contributed by atoms with Gasteiger partial charge in [0.15, 0.2) is 0 Å². The first-order valence-corrected chi connectivity index (χ1v) is 6.72. The molecule has 0 amide bonds. The molecule has 1 aliphatic rings. The van der Waals surface area contributed by atoms with Crippen LogP contribution in [-0.4, -0.2) is 11.5 Å². The van der Waals surface area contributed by atoms with Crippen LogP contribution in [0, 0.1) is 16.0 Å². The number of benzene rings is 1. The first-order chi connectivity index (χ1) is 8.66. The van der Waals surface area contributed by atoms with E-state index in [0.29, 0.717) is 5.92 Å². The fourth-order valence-electron chi connectivity index (χ4n) is 2.42. The van der Waals surface area contributed by atoms with E-state index in [1.807, 2.05) is 0 Å². The van der Waals surface area contributed by atoms with Crippen molar-refractivity contribution in [3.05, 3.63) is 33.3 Å². The molecule has 0 saturated heterocycles. The molecule has 1 aromatic rings. The molecule has 0 spiro atoms. The van der Waals surface area contributed by atoms with E-state index in [9.17, 15) is 10.1 Å². The van der Waals surface area contributed by atoms with Gasteiger partial charge in [0.25, 0.3) is 5.69 Å². The summed E-state index contributed by atoms with van der Waals surface area (Å²) in [5, 5.41) is 14.2. The summed E-state index contributed by atoms with van der Waals surface area (Å²) in [4.78, 5) is 10.3. The average Bonchev–Trinajstić information content (AvgIpc) is 2.38. The van der Waals surface area contributed by atoms with E-state index in [-0.39, 0.29) is 10.7 Å². The number of rotatable bonds is 4. The normalized spacial score (nSPS) is 16.5. The number of nitro benzene ring substituents is 1. The third kappa shape index (κ3) is 3.35. The van der Waals surface area contributed by atoms with Gasteiger partial charge in [-0.25, -0.2) is 0 Å². The number of nitro groups is 1. The van der Waals surface area contributed by atoms with Gasteiger partial charge < -0.3 is 5.32 Å². The maximum absolute atomic E-state index is 10.8. The van der Waals surface area contributed by atoms with Gasteiger partial charge in [-0.2, -0.15) is 0 Å². The maximum Gasteiger partial charge on any atom is 0.289 e. The van der Waals surface area contributed by atoms with Crippen LogP contribution in [0.1, 0.15) is 32.1 Å². The molecule has 1 aliphatic carbocycles. The van der Waals surface area contributed by atoms with E-state index < -0.39 is 4.92 Å². The molecule has 1 N–H and O–H groups in total. The van der Waals surface area contributed by atoms with Crippen molar-refractivity contribution in [1.29, 1.82) is 0 Å². The van der Waals surface area contributed by atoms with Gasteiger partial charge >= 0.3 is 0 Å². The number of hydrogen-bond donors (Lipinski definition) is 1. The Morgan fingerprint density at radius 1 is 1.33 bits per heavy atom. The van der Waals surface area contributed by atoms with Crippen molar-refractivity contribution < 1.29 is 4.92 Å². The predicted octanol–water partition coefficient (Wildman–Crippen LogP) is 4.24. The largest absolute Gasteiger partial charge is 0.385 e. The van der Waals surface area contributed by atoms with Crippen LogP contribution in [0.15, 0.2) is 18.2 Å². The standard InChI is InChI=1S/C13H17ClN2O2/c14-12-7-6-11(8-13(12)16(17)18)15-9-10-4-2-1-3-5-10/h6-8,10,15H,1-5,9H2. The molecule has 4 nitrogen and oxygen atoms in total. The molecule has 1 saturated carbocycles. The third-order valence-corrected chi connectivity index (χ3v) is 3.78. The summed E-state index contributed by atoms with van der Waals surface area (Å²) in [6.07, 6.45) is 6.44. The van der Waals surface area contributed by atoms with Crippen molar-refractivity contribution in [2.24, 2.45) is 5.92 Å². The van der Waals surface area contributed by atoms with Crippen molar-refractivity contribution in [3.63, 3.8) is 0 Å². The molecule has 0 unspecified atom stereocenters. The first kappa shape index (κ1) is 13.1. The lowest BCUT2D eigenvalue weighted by molar-refractivity contribution is -0.384. The minimum absolute atomic E-state index is 0.0367. The zero-order valence-corrected chi connectivity index (χ0v) is 10.9. The van der Waals surface area contributed by atoms with Gasteiger partial charge in [0, 0.05) is 18.3 Å². The van der Waals surface area contributed by atoms with E-state index in [0.717, 1.165) is 12.2 Å². The molecule has 0 heterocycles. The molecule has 1 fully saturated rings. The molecular weight excluding hydrogens is 252 g/mol. The molecule has 0 aromatic heterocycles.